The zero-order valence-corrected chi connectivity index (χ0v) is 9.15. The van der Waals surface area contributed by atoms with E-state index in [0.29, 0.717) is 0 Å². The highest BCUT2D eigenvalue weighted by atomic mass is 19.2. The van der Waals surface area contributed by atoms with Crippen LogP contribution in [0.3, 0.4) is 0 Å². The van der Waals surface area contributed by atoms with Crippen molar-refractivity contribution in [2.75, 3.05) is 5.73 Å². The van der Waals surface area contributed by atoms with E-state index >= 15 is 0 Å². The third-order valence-corrected chi connectivity index (χ3v) is 2.30. The highest BCUT2D eigenvalue weighted by molar-refractivity contribution is 5.56. The molecule has 3 nitrogen and oxygen atoms in total. The van der Waals surface area contributed by atoms with E-state index in [-0.39, 0.29) is 17.0 Å². The molecule has 0 heterocycles. The number of nitrogen functional groups attached to an aromatic ring is 1. The summed E-state index contributed by atoms with van der Waals surface area (Å²) in [6.45, 7) is 0. The molecule has 0 saturated carbocycles. The minimum Gasteiger partial charge on any atom is -0.451 e. The maximum atomic E-state index is 13.5. The van der Waals surface area contributed by atoms with Gasteiger partial charge in [-0.15, -0.1) is 0 Å². The second kappa shape index (κ2) is 4.72. The van der Waals surface area contributed by atoms with Crippen molar-refractivity contribution >= 4 is 5.69 Å². The number of halogens is 2. The van der Waals surface area contributed by atoms with Crippen molar-refractivity contribution in [3.05, 3.63) is 53.6 Å². The summed E-state index contributed by atoms with van der Waals surface area (Å²) in [4.78, 5) is 0. The van der Waals surface area contributed by atoms with E-state index in [0.717, 1.165) is 6.07 Å². The molecule has 0 aliphatic heterocycles. The third-order valence-electron chi connectivity index (χ3n) is 2.30. The number of ether oxygens (including phenoxy) is 1. The number of rotatable bonds is 2. The van der Waals surface area contributed by atoms with Crippen molar-refractivity contribution < 1.29 is 13.5 Å². The summed E-state index contributed by atoms with van der Waals surface area (Å²) in [6.07, 6.45) is 0. The summed E-state index contributed by atoms with van der Waals surface area (Å²) < 4.78 is 31.8. The summed E-state index contributed by atoms with van der Waals surface area (Å²) in [6, 6.07) is 10.2. The van der Waals surface area contributed by atoms with E-state index in [1.807, 2.05) is 6.07 Å². The van der Waals surface area contributed by atoms with Crippen molar-refractivity contribution in [3.63, 3.8) is 0 Å². The highest BCUT2D eigenvalue weighted by Crippen LogP contribution is 2.33. The molecule has 0 fully saturated rings. The molecule has 90 valence electrons. The molecule has 0 bridgehead atoms. The van der Waals surface area contributed by atoms with E-state index in [9.17, 15) is 8.78 Å². The molecule has 2 aromatic carbocycles. The Bertz CT molecular complexity index is 635. The van der Waals surface area contributed by atoms with E-state index in [4.69, 9.17) is 15.7 Å². The van der Waals surface area contributed by atoms with Crippen molar-refractivity contribution in [2.24, 2.45) is 0 Å². The van der Waals surface area contributed by atoms with Gasteiger partial charge in [-0.1, -0.05) is 12.1 Å². The van der Waals surface area contributed by atoms with Gasteiger partial charge < -0.3 is 10.5 Å². The lowest BCUT2D eigenvalue weighted by atomic mass is 10.2. The fourth-order valence-electron chi connectivity index (χ4n) is 1.41. The average molecular weight is 246 g/mol. The molecule has 5 heteroatoms. The van der Waals surface area contributed by atoms with Crippen LogP contribution in [-0.2, 0) is 0 Å². The summed E-state index contributed by atoms with van der Waals surface area (Å²) in [5, 5.41) is 8.86. The Hall–Kier alpha value is -2.61. The van der Waals surface area contributed by atoms with Crippen LogP contribution in [0.2, 0.25) is 0 Å². The molecule has 0 saturated heterocycles. The Morgan fingerprint density at radius 3 is 2.56 bits per heavy atom. The Morgan fingerprint density at radius 2 is 1.83 bits per heavy atom. The maximum absolute atomic E-state index is 13.5. The predicted octanol–water partition coefficient (Wildman–Crippen LogP) is 3.21. The molecule has 18 heavy (non-hydrogen) atoms. The Morgan fingerprint density at radius 1 is 1.11 bits per heavy atom. The first-order valence-corrected chi connectivity index (χ1v) is 5.04. The number of nitrogens with two attached hydrogens (primary N) is 1. The van der Waals surface area contributed by atoms with Crippen LogP contribution in [0.25, 0.3) is 0 Å². The lowest BCUT2D eigenvalue weighted by molar-refractivity contribution is 0.417. The SMILES string of the molecule is N#Cc1ccccc1Oc1c(N)ccc(F)c1F. The molecule has 0 aliphatic carbocycles. The number of benzene rings is 2. The van der Waals surface area contributed by atoms with Crippen LogP contribution in [0, 0.1) is 23.0 Å². The molecule has 2 rings (SSSR count). The van der Waals surface area contributed by atoms with E-state index in [2.05, 4.69) is 0 Å². The first-order valence-electron chi connectivity index (χ1n) is 5.04. The Balaban J connectivity index is 2.47. The van der Waals surface area contributed by atoms with Gasteiger partial charge in [0.1, 0.15) is 11.8 Å². The fourth-order valence-corrected chi connectivity index (χ4v) is 1.41. The smallest absolute Gasteiger partial charge is 0.203 e. The van der Waals surface area contributed by atoms with Gasteiger partial charge in [-0.05, 0) is 24.3 Å². The molecular weight excluding hydrogens is 238 g/mol. The molecule has 2 aromatic rings. The van der Waals surface area contributed by atoms with E-state index in [1.165, 1.54) is 18.2 Å². The highest BCUT2D eigenvalue weighted by Gasteiger charge is 2.15. The second-order valence-electron chi connectivity index (χ2n) is 3.49. The maximum Gasteiger partial charge on any atom is 0.203 e. The van der Waals surface area contributed by atoms with Gasteiger partial charge in [0.25, 0.3) is 0 Å². The zero-order valence-electron chi connectivity index (χ0n) is 9.15. The molecule has 0 atom stereocenters. The van der Waals surface area contributed by atoms with Gasteiger partial charge in [-0.25, -0.2) is 4.39 Å². The van der Waals surface area contributed by atoms with Crippen LogP contribution >= 0.6 is 0 Å². The van der Waals surface area contributed by atoms with Gasteiger partial charge in [0, 0.05) is 0 Å². The summed E-state index contributed by atoms with van der Waals surface area (Å²) in [5.74, 6) is -2.54. The zero-order chi connectivity index (χ0) is 13.1. The predicted molar refractivity (Wildman–Crippen MR) is 62.0 cm³/mol. The van der Waals surface area contributed by atoms with Gasteiger partial charge >= 0.3 is 0 Å². The molecule has 2 N–H and O–H groups in total. The van der Waals surface area contributed by atoms with Crippen LogP contribution in [-0.4, -0.2) is 0 Å². The number of anilines is 1. The number of nitriles is 1. The number of nitrogens with zero attached hydrogens (tertiary/aromatic N) is 1. The van der Waals surface area contributed by atoms with Crippen LogP contribution in [0.4, 0.5) is 14.5 Å². The van der Waals surface area contributed by atoms with Crippen molar-refractivity contribution in [1.82, 2.24) is 0 Å². The van der Waals surface area contributed by atoms with Crippen LogP contribution in [0.15, 0.2) is 36.4 Å². The summed E-state index contributed by atoms with van der Waals surface area (Å²) in [7, 11) is 0. The monoisotopic (exact) mass is 246 g/mol. The molecular formula is C13H8F2N2O. The van der Waals surface area contributed by atoms with Crippen molar-refractivity contribution in [2.45, 2.75) is 0 Å². The first-order chi connectivity index (χ1) is 8.63. The molecule has 0 aliphatic rings. The van der Waals surface area contributed by atoms with Crippen LogP contribution in [0.1, 0.15) is 5.56 Å². The molecule has 0 spiro atoms. The molecule has 0 unspecified atom stereocenters. The summed E-state index contributed by atoms with van der Waals surface area (Å²) >= 11 is 0. The van der Waals surface area contributed by atoms with Crippen LogP contribution < -0.4 is 10.5 Å². The van der Waals surface area contributed by atoms with Crippen molar-refractivity contribution in [3.8, 4) is 17.6 Å². The molecule has 0 amide bonds. The lowest BCUT2D eigenvalue weighted by Gasteiger charge is -2.10. The van der Waals surface area contributed by atoms with Crippen LogP contribution in [0.5, 0.6) is 11.5 Å². The van der Waals surface area contributed by atoms with E-state index < -0.39 is 17.4 Å². The standard InChI is InChI=1S/C13H8F2N2O/c14-9-5-6-10(17)13(12(9)15)18-11-4-2-1-3-8(11)7-16/h1-6H,17H2. The number of hydrogen-bond acceptors (Lipinski definition) is 3. The fraction of sp³-hybridized carbons (Fsp3) is 0. The number of hydrogen-bond donors (Lipinski definition) is 1. The van der Waals surface area contributed by atoms with Gasteiger partial charge in [0.05, 0.1) is 11.3 Å². The minimum absolute atomic E-state index is 0.0401. The average Bonchev–Trinajstić information content (AvgIpc) is 2.39. The third kappa shape index (κ3) is 2.09. The first kappa shape index (κ1) is 11.9. The lowest BCUT2D eigenvalue weighted by Crippen LogP contribution is -1.98. The Labute approximate surface area is 102 Å². The van der Waals surface area contributed by atoms with Gasteiger partial charge in [-0.3, -0.25) is 0 Å². The van der Waals surface area contributed by atoms with E-state index in [1.54, 1.807) is 12.1 Å². The van der Waals surface area contributed by atoms with Gasteiger partial charge in [0.2, 0.25) is 5.82 Å². The minimum atomic E-state index is -1.18. The Kier molecular flexibility index (Phi) is 3.11. The largest absolute Gasteiger partial charge is 0.451 e. The molecule has 0 radical (unpaired) electrons. The topological polar surface area (TPSA) is 59.0 Å². The normalized spacial score (nSPS) is 9.83. The summed E-state index contributed by atoms with van der Waals surface area (Å²) in [5.41, 5.74) is 5.68. The van der Waals surface area contributed by atoms with Gasteiger partial charge in [-0.2, -0.15) is 9.65 Å². The van der Waals surface area contributed by atoms with Gasteiger partial charge in [0.15, 0.2) is 11.6 Å². The quantitative estimate of drug-likeness (QED) is 0.827. The number of para-hydroxylation sites is 1. The second-order valence-corrected chi connectivity index (χ2v) is 3.49. The van der Waals surface area contributed by atoms with Crippen molar-refractivity contribution in [1.29, 1.82) is 5.26 Å². The molecule has 0 aromatic heterocycles.